The van der Waals surface area contributed by atoms with Crippen LogP contribution in [0.1, 0.15) is 37.0 Å². The molecule has 0 aliphatic carbocycles. The highest BCUT2D eigenvalue weighted by Crippen LogP contribution is 2.33. The molecule has 0 bridgehead atoms. The molecule has 0 spiro atoms. The molecule has 0 fully saturated rings. The van der Waals surface area contributed by atoms with Gasteiger partial charge in [0.1, 0.15) is 12.2 Å². The van der Waals surface area contributed by atoms with Crippen LogP contribution in [0.5, 0.6) is 5.75 Å². The lowest BCUT2D eigenvalue weighted by atomic mass is 9.99. The first kappa shape index (κ1) is 16.1. The zero-order valence-corrected chi connectivity index (χ0v) is 12.3. The lowest BCUT2D eigenvalue weighted by Crippen LogP contribution is -2.34. The fraction of sp³-hybridized carbons (Fsp3) is 0.462. The van der Waals surface area contributed by atoms with Crippen molar-refractivity contribution in [2.45, 2.75) is 32.3 Å². The predicted molar refractivity (Wildman–Crippen MR) is 74.4 cm³/mol. The van der Waals surface area contributed by atoms with Crippen LogP contribution in [0.3, 0.4) is 0 Å². The molecule has 1 aromatic carbocycles. The number of aliphatic hydroxyl groups is 1. The maximum atomic E-state index is 11.1. The van der Waals surface area contributed by atoms with Gasteiger partial charge in [0.2, 0.25) is 0 Å². The largest absolute Gasteiger partial charge is 0.488 e. The van der Waals surface area contributed by atoms with Crippen molar-refractivity contribution in [3.8, 4) is 5.75 Å². The van der Waals surface area contributed by atoms with Crippen LogP contribution in [-0.2, 0) is 0 Å². The van der Waals surface area contributed by atoms with Crippen molar-refractivity contribution >= 4 is 29.2 Å². The van der Waals surface area contributed by atoms with Crippen molar-refractivity contribution < 1.29 is 19.7 Å². The zero-order chi connectivity index (χ0) is 14.6. The molecular weight excluding hydrogens is 291 g/mol. The van der Waals surface area contributed by atoms with Gasteiger partial charge < -0.3 is 14.9 Å². The van der Waals surface area contributed by atoms with E-state index in [1.165, 1.54) is 12.1 Å². The fourth-order valence-electron chi connectivity index (χ4n) is 1.53. The van der Waals surface area contributed by atoms with Gasteiger partial charge in [-0.1, -0.05) is 37.0 Å². The molecule has 106 valence electrons. The summed E-state index contributed by atoms with van der Waals surface area (Å²) in [5.74, 6) is -1.16. The number of halogens is 2. The first-order valence-corrected chi connectivity index (χ1v) is 6.66. The van der Waals surface area contributed by atoms with E-state index in [1.807, 2.05) is 13.8 Å². The molecule has 1 rings (SSSR count). The summed E-state index contributed by atoms with van der Waals surface area (Å²) < 4.78 is 5.41. The second-order valence-corrected chi connectivity index (χ2v) is 5.13. The number of hydrogen-bond donors (Lipinski definition) is 2. The lowest BCUT2D eigenvalue weighted by molar-refractivity contribution is -0.0117. The maximum absolute atomic E-state index is 11.1. The SMILES string of the molecule is CCC(O)(CC)COc1c(Cl)cc(Cl)cc1C(=O)O. The van der Waals surface area contributed by atoms with E-state index in [-0.39, 0.29) is 28.0 Å². The van der Waals surface area contributed by atoms with Gasteiger partial charge in [-0.3, -0.25) is 0 Å². The van der Waals surface area contributed by atoms with Crippen LogP contribution in [0.2, 0.25) is 10.0 Å². The maximum Gasteiger partial charge on any atom is 0.339 e. The van der Waals surface area contributed by atoms with Crippen LogP contribution < -0.4 is 4.74 Å². The van der Waals surface area contributed by atoms with Crippen LogP contribution in [0, 0.1) is 0 Å². The number of hydrogen-bond acceptors (Lipinski definition) is 3. The second-order valence-electron chi connectivity index (χ2n) is 4.29. The van der Waals surface area contributed by atoms with E-state index in [0.717, 1.165) is 0 Å². The van der Waals surface area contributed by atoms with Crippen molar-refractivity contribution in [3.05, 3.63) is 27.7 Å². The second kappa shape index (κ2) is 6.46. The minimum absolute atomic E-state index is 0.0262. The van der Waals surface area contributed by atoms with Crippen molar-refractivity contribution in [3.63, 3.8) is 0 Å². The first-order chi connectivity index (χ1) is 8.83. The molecule has 0 heterocycles. The third-order valence-electron chi connectivity index (χ3n) is 3.04. The molecule has 0 aliphatic rings. The van der Waals surface area contributed by atoms with Crippen LogP contribution >= 0.6 is 23.2 Å². The van der Waals surface area contributed by atoms with Gasteiger partial charge in [-0.05, 0) is 25.0 Å². The third-order valence-corrected chi connectivity index (χ3v) is 3.54. The average Bonchev–Trinajstić information content (AvgIpc) is 2.36. The van der Waals surface area contributed by atoms with Gasteiger partial charge in [0.05, 0.1) is 10.6 Å². The van der Waals surface area contributed by atoms with Crippen LogP contribution in [0.4, 0.5) is 0 Å². The highest BCUT2D eigenvalue weighted by Gasteiger charge is 2.25. The van der Waals surface area contributed by atoms with E-state index in [0.29, 0.717) is 12.8 Å². The molecule has 0 amide bonds. The number of ether oxygens (including phenoxy) is 1. The molecule has 6 heteroatoms. The predicted octanol–water partition coefficient (Wildman–Crippen LogP) is 3.62. The lowest BCUT2D eigenvalue weighted by Gasteiger charge is -2.25. The minimum atomic E-state index is -1.18. The summed E-state index contributed by atoms with van der Waals surface area (Å²) in [6.45, 7) is 3.63. The highest BCUT2D eigenvalue weighted by molar-refractivity contribution is 6.36. The first-order valence-electron chi connectivity index (χ1n) is 5.90. The number of carbonyl (C=O) groups is 1. The molecule has 0 saturated carbocycles. The Morgan fingerprint density at radius 2 is 1.89 bits per heavy atom. The molecule has 2 N–H and O–H groups in total. The summed E-state index contributed by atoms with van der Waals surface area (Å²) in [6.07, 6.45) is 0.994. The van der Waals surface area contributed by atoms with E-state index < -0.39 is 11.6 Å². The highest BCUT2D eigenvalue weighted by atomic mass is 35.5. The van der Waals surface area contributed by atoms with E-state index >= 15 is 0 Å². The fourth-order valence-corrected chi connectivity index (χ4v) is 2.07. The Bertz CT molecular complexity index is 470. The summed E-state index contributed by atoms with van der Waals surface area (Å²) in [5, 5.41) is 19.6. The molecule has 0 unspecified atom stereocenters. The summed E-state index contributed by atoms with van der Waals surface area (Å²) in [6, 6.07) is 2.67. The topological polar surface area (TPSA) is 66.8 Å². The van der Waals surface area contributed by atoms with Crippen molar-refractivity contribution in [1.29, 1.82) is 0 Å². The Morgan fingerprint density at radius 1 is 1.32 bits per heavy atom. The number of aromatic carboxylic acids is 1. The minimum Gasteiger partial charge on any atom is -0.488 e. The zero-order valence-electron chi connectivity index (χ0n) is 10.7. The molecular formula is C13H16Cl2O4. The molecule has 19 heavy (non-hydrogen) atoms. The molecule has 0 atom stereocenters. The van der Waals surface area contributed by atoms with Gasteiger partial charge in [0.25, 0.3) is 0 Å². The Morgan fingerprint density at radius 3 is 2.37 bits per heavy atom. The smallest absolute Gasteiger partial charge is 0.339 e. The molecule has 0 radical (unpaired) electrons. The Labute approximate surface area is 121 Å². The monoisotopic (exact) mass is 306 g/mol. The summed E-state index contributed by atoms with van der Waals surface area (Å²) in [4.78, 5) is 11.1. The van der Waals surface area contributed by atoms with Crippen molar-refractivity contribution in [1.82, 2.24) is 0 Å². The Kier molecular flexibility index (Phi) is 5.47. The van der Waals surface area contributed by atoms with E-state index in [9.17, 15) is 9.90 Å². The van der Waals surface area contributed by atoms with Gasteiger partial charge in [-0.15, -0.1) is 0 Å². The molecule has 0 aromatic heterocycles. The van der Waals surface area contributed by atoms with Crippen LogP contribution in [0.15, 0.2) is 12.1 Å². The van der Waals surface area contributed by atoms with E-state index in [4.69, 9.17) is 33.0 Å². The van der Waals surface area contributed by atoms with Gasteiger partial charge in [0.15, 0.2) is 5.75 Å². The summed E-state index contributed by atoms with van der Waals surface area (Å²) >= 11 is 11.7. The number of benzene rings is 1. The van der Waals surface area contributed by atoms with Crippen molar-refractivity contribution in [2.24, 2.45) is 0 Å². The van der Waals surface area contributed by atoms with Gasteiger partial charge in [0, 0.05) is 5.02 Å². The molecule has 4 nitrogen and oxygen atoms in total. The van der Waals surface area contributed by atoms with Crippen molar-refractivity contribution in [2.75, 3.05) is 6.61 Å². The summed E-state index contributed by atoms with van der Waals surface area (Å²) in [7, 11) is 0. The number of carboxylic acids is 1. The quantitative estimate of drug-likeness (QED) is 0.842. The Hall–Kier alpha value is -0.970. The number of carboxylic acid groups (broad SMARTS) is 1. The normalized spacial score (nSPS) is 11.4. The van der Waals surface area contributed by atoms with Gasteiger partial charge in [-0.25, -0.2) is 4.79 Å². The van der Waals surface area contributed by atoms with E-state index in [1.54, 1.807) is 0 Å². The van der Waals surface area contributed by atoms with Gasteiger partial charge in [-0.2, -0.15) is 0 Å². The molecule has 0 saturated heterocycles. The standard InChI is InChI=1S/C13H16Cl2O4/c1-3-13(18,4-2)7-19-11-9(12(16)17)5-8(14)6-10(11)15/h5-6,18H,3-4,7H2,1-2H3,(H,16,17). The number of rotatable bonds is 6. The third kappa shape index (κ3) is 4.00. The van der Waals surface area contributed by atoms with Crippen LogP contribution in [0.25, 0.3) is 0 Å². The average molecular weight is 307 g/mol. The Balaban J connectivity index is 3.04. The van der Waals surface area contributed by atoms with E-state index in [2.05, 4.69) is 0 Å². The summed E-state index contributed by atoms with van der Waals surface area (Å²) in [5.41, 5.74) is -1.12. The molecule has 0 aliphatic heterocycles. The van der Waals surface area contributed by atoms with Gasteiger partial charge >= 0.3 is 5.97 Å². The molecule has 1 aromatic rings. The van der Waals surface area contributed by atoms with Crippen LogP contribution in [-0.4, -0.2) is 28.4 Å².